The van der Waals surface area contributed by atoms with Gasteiger partial charge in [0.25, 0.3) is 0 Å². The zero-order valence-corrected chi connectivity index (χ0v) is 93.6. The van der Waals surface area contributed by atoms with E-state index in [2.05, 4.69) is 111 Å². The van der Waals surface area contributed by atoms with Gasteiger partial charge in [0, 0.05) is 0 Å². The summed E-state index contributed by atoms with van der Waals surface area (Å²) in [4.78, 5) is 0. The van der Waals surface area contributed by atoms with Gasteiger partial charge in [0.15, 0.2) is 0 Å². The molecular weight excluding hydrogens is 1990 g/mol. The Kier molecular flexibility index (Phi) is 55.3. The van der Waals surface area contributed by atoms with Crippen LogP contribution in [0.3, 0.4) is 0 Å². The van der Waals surface area contributed by atoms with Gasteiger partial charge < -0.3 is 44.6 Å². The Morgan fingerprint density at radius 1 is 0.233 bits per heavy atom. The molecule has 15 aliphatic carbocycles. The number of rotatable bonds is 14. The van der Waals surface area contributed by atoms with Crippen LogP contribution < -0.4 is 0 Å². The van der Waals surface area contributed by atoms with Crippen LogP contribution in [-0.2, 0) is 104 Å². The van der Waals surface area contributed by atoms with E-state index in [0.717, 1.165) is 142 Å². The molecule has 15 saturated carbocycles. The summed E-state index contributed by atoms with van der Waals surface area (Å²) in [5, 5.41) is 0. The Hall–Kier alpha value is 3.31. The second kappa shape index (κ2) is 59.2. The number of fused-ring (bicyclic) bond motifs is 7. The maximum atomic E-state index is 5.04. The monoisotopic (exact) mass is 2150 g/mol. The van der Waals surface area contributed by atoms with Crippen molar-refractivity contribution in [3.8, 4) is 0 Å². The molecule has 24 atom stereocenters. The molecule has 0 radical (unpaired) electrons. The van der Waals surface area contributed by atoms with Crippen LogP contribution in [0.1, 0.15) is 377 Å². The van der Waals surface area contributed by atoms with E-state index in [4.69, 9.17) is 85.1 Å². The van der Waals surface area contributed by atoms with Gasteiger partial charge in [-0.05, 0) is 360 Å². The molecule has 0 nitrogen and oxygen atoms in total. The Morgan fingerprint density at radius 2 is 0.417 bits per heavy atom. The van der Waals surface area contributed by atoms with E-state index in [-0.39, 0.29) is 44.6 Å². The van der Waals surface area contributed by atoms with Crippen molar-refractivity contribution >= 4 is 85.1 Å². The molecule has 0 spiro atoms. The largest absolute Gasteiger partial charge is 0.0620 e. The minimum atomic E-state index is -3.29. The van der Waals surface area contributed by atoms with Crippen molar-refractivity contribution in [1.82, 2.24) is 0 Å². The third-order valence-corrected chi connectivity index (χ3v) is 34.6. The fourth-order valence-corrected chi connectivity index (χ4v) is 29.9. The predicted octanol–water partition coefficient (Wildman–Crippen LogP) is 38.3. The molecule has 14 heteroatoms. The average Bonchev–Trinajstić information content (AvgIpc) is 1.62. The molecule has 4 aromatic carbocycles. The first kappa shape index (κ1) is 112. The van der Waals surface area contributed by atoms with E-state index in [1.165, 1.54) is 321 Å². The van der Waals surface area contributed by atoms with Crippen molar-refractivity contribution in [2.24, 2.45) is 118 Å². The van der Waals surface area contributed by atoms with E-state index in [1.54, 1.807) is 44.5 Å². The van der Waals surface area contributed by atoms with Gasteiger partial charge in [-0.3, -0.25) is 0 Å². The van der Waals surface area contributed by atoms with Gasteiger partial charge in [0.2, 0.25) is 0 Å². The number of benzene rings is 4. The van der Waals surface area contributed by atoms with Crippen LogP contribution in [0.4, 0.5) is 0 Å². The van der Waals surface area contributed by atoms with Crippen molar-refractivity contribution in [2.75, 3.05) is 0 Å². The van der Waals surface area contributed by atoms with Gasteiger partial charge in [-0.1, -0.05) is 259 Å². The summed E-state index contributed by atoms with van der Waals surface area (Å²) in [6, 6.07) is 38.6. The molecule has 15 fully saturated rings. The van der Waals surface area contributed by atoms with Gasteiger partial charge in [0.1, 0.15) is 0 Å². The summed E-state index contributed by atoms with van der Waals surface area (Å²) in [7, 11) is 49.7. The molecule has 4 aromatic rings. The maximum Gasteiger partial charge on any atom is -0.0128 e. The van der Waals surface area contributed by atoms with E-state index in [0.29, 0.717) is 0 Å². The molecule has 0 aromatic heterocycles. The van der Waals surface area contributed by atoms with Crippen molar-refractivity contribution in [1.29, 1.82) is 0 Å². The molecule has 19 rings (SSSR count). The van der Waals surface area contributed by atoms with Crippen LogP contribution in [0.5, 0.6) is 0 Å². The summed E-state index contributed by atoms with van der Waals surface area (Å²) in [6.45, 7) is 4.83. The van der Waals surface area contributed by atoms with Crippen LogP contribution in [0.2, 0.25) is 0 Å². The van der Waals surface area contributed by atoms with Gasteiger partial charge in [-0.15, -0.1) is 0 Å². The summed E-state index contributed by atoms with van der Waals surface area (Å²) in [6.07, 6.45) is 74.7. The summed E-state index contributed by atoms with van der Waals surface area (Å²) in [5.74, 6) is 24.2. The molecule has 0 N–H and O–H groups in total. The zero-order chi connectivity index (χ0) is 79.8. The SMILES string of the molecule is CCC1CCC(c2ccccc2CC2CCC3CCCCC32)C1CC.[CH3-].[CH3-].[CH3-].[CH3-].[CH3-].[CH3-].[Cl][Zr+2][Cl].[Cl][Zr+2][Cl].[Cl][Zr+2][Cl].[Cl][Zr]([Cl])([Cl])[Cl].c1ccc(C2CCC3CCCCC32)c(CC2CCC3CCCCC32)c1.c1ccc(C2CCC3CCCCC32)c(CC2CCC3CCCCC32)c1.c1ccc(C2CCC3CCCCC32)c(CC2CCC3CCCCC32)c1. The Bertz CT molecular complexity index is 2980. The third-order valence-electron chi connectivity index (χ3n) is 34.6. The topological polar surface area (TPSA) is 0 Å². The van der Waals surface area contributed by atoms with Crippen LogP contribution in [0.25, 0.3) is 0 Å². The molecule has 0 saturated heterocycles. The molecular formula is C106H164Cl10Zr4. The summed E-state index contributed by atoms with van der Waals surface area (Å²) >= 11 is -5.77. The van der Waals surface area contributed by atoms with E-state index in [1.807, 2.05) is 0 Å². The van der Waals surface area contributed by atoms with E-state index in [9.17, 15) is 0 Å². The Balaban J connectivity index is 0.000000232. The number of halogens is 10. The number of hydrogen-bond donors (Lipinski definition) is 0. The van der Waals surface area contributed by atoms with E-state index >= 15 is 0 Å². The molecule has 0 bridgehead atoms. The maximum absolute atomic E-state index is 5.04. The van der Waals surface area contributed by atoms with Crippen LogP contribution in [0, 0.1) is 163 Å². The van der Waals surface area contributed by atoms with Crippen molar-refractivity contribution in [3.63, 3.8) is 0 Å². The summed E-state index contributed by atoms with van der Waals surface area (Å²) < 4.78 is 0. The first-order chi connectivity index (χ1) is 55.8. The second-order valence-electron chi connectivity index (χ2n) is 39.5. The Morgan fingerprint density at radius 3 is 0.650 bits per heavy atom. The average molecular weight is 2160 g/mol. The fraction of sp³-hybridized carbons (Fsp3) is 0.717. The minimum absolute atomic E-state index is 0. The second-order valence-corrected chi connectivity index (χ2v) is 73.1. The zero-order valence-electron chi connectivity index (χ0n) is 76.2. The van der Waals surface area contributed by atoms with Gasteiger partial charge in [-0.2, -0.15) is 0 Å². The van der Waals surface area contributed by atoms with Crippen molar-refractivity contribution in [2.45, 2.75) is 359 Å². The quantitative estimate of drug-likeness (QED) is 0.110. The molecule has 0 heterocycles. The third kappa shape index (κ3) is 31.4. The molecule has 24 unspecified atom stereocenters. The van der Waals surface area contributed by atoms with Crippen molar-refractivity contribution in [3.05, 3.63) is 186 Å². The molecule has 674 valence electrons. The predicted molar refractivity (Wildman–Crippen MR) is 522 cm³/mol. The molecule has 120 heavy (non-hydrogen) atoms. The first-order valence-corrected chi connectivity index (χ1v) is 79.4. The molecule has 15 aliphatic rings. The van der Waals surface area contributed by atoms with Crippen molar-refractivity contribution < 1.29 is 78.0 Å². The smallest absolute Gasteiger partial charge is 0.0128 e. The van der Waals surface area contributed by atoms with Crippen LogP contribution >= 0.6 is 85.1 Å². The first-order valence-electron chi connectivity index (χ1n) is 47.7. The molecule has 0 amide bonds. The van der Waals surface area contributed by atoms with E-state index < -0.39 is 78.0 Å². The number of hydrogen-bond acceptors (Lipinski definition) is 0. The normalized spacial score (nSPS) is 34.1. The van der Waals surface area contributed by atoms with Crippen LogP contribution in [0.15, 0.2) is 97.1 Å². The van der Waals surface area contributed by atoms with Gasteiger partial charge in [0.05, 0.1) is 0 Å². The molecule has 0 aliphatic heterocycles. The fourth-order valence-electron chi connectivity index (χ4n) is 29.9. The summed E-state index contributed by atoms with van der Waals surface area (Å²) in [5.41, 5.74) is 14.0. The van der Waals surface area contributed by atoms with Gasteiger partial charge in [-0.25, -0.2) is 0 Å². The van der Waals surface area contributed by atoms with Gasteiger partial charge >= 0.3 is 163 Å². The minimum Gasteiger partial charge on any atom is -0.0620 e. The van der Waals surface area contributed by atoms with Crippen LogP contribution in [-0.4, -0.2) is 0 Å². The standard InChI is InChI=1S/3C25H36.C25H38.6CH3.10ClH.4Zr/c3*1-4-10-22-18(7-1)13-14-21(22)17-20-9-3-6-12-24(20)25-16-15-19-8-2-5-11-23(19)25;1-3-18-15-16-25(22(18)4-2)24-12-8-6-10-20(24)17-21-14-13-19-9-5-7-11-23(19)21;;;;;;;;;;;;;;;;;;;;/h3*3,6,9,12,18-19,21-23,25H,1-2,4-5,7-8,10-11,13-17H2;6,8,10,12,18-19,21-23,25H,3-5,7,9,11,13-17H2,1-2H3;6*1H3;10*1H;;;;/q;;;;6*-1;;;;;;;;;;;4*+4/p-10. The Labute approximate surface area is 815 Å².